The van der Waals surface area contributed by atoms with Gasteiger partial charge < -0.3 is 24.2 Å². The standard InChI is InChI=1S/C21H29NO5/c1-13(23)10-18(24)26-15-6-7-21-8-9-22(2)12-14-4-5-16(25-3)20(19(14)21)27-17(21)11-15/h4-5,13,15,17,23H,6-12H2,1-3H3/t13-,15-,17-,21-/m0/s1. The average Bonchev–Trinajstić information content (AvgIpc) is 2.86. The number of methoxy groups -OCH3 is 1. The van der Waals surface area contributed by atoms with Gasteiger partial charge in [0.2, 0.25) is 0 Å². The third-order valence-electron chi connectivity index (χ3n) is 6.33. The third-order valence-corrected chi connectivity index (χ3v) is 6.33. The molecule has 0 bridgehead atoms. The molecule has 1 fully saturated rings. The number of benzene rings is 1. The molecule has 0 saturated heterocycles. The topological polar surface area (TPSA) is 68.2 Å². The summed E-state index contributed by atoms with van der Waals surface area (Å²) < 4.78 is 17.7. The van der Waals surface area contributed by atoms with E-state index in [1.807, 2.05) is 6.07 Å². The van der Waals surface area contributed by atoms with E-state index in [1.54, 1.807) is 14.0 Å². The molecule has 0 aromatic heterocycles. The lowest BCUT2D eigenvalue weighted by molar-refractivity contribution is -0.155. The lowest BCUT2D eigenvalue weighted by Crippen LogP contribution is -2.47. The molecular weight excluding hydrogens is 346 g/mol. The molecular formula is C21H29NO5. The van der Waals surface area contributed by atoms with Gasteiger partial charge in [-0.3, -0.25) is 4.79 Å². The zero-order valence-electron chi connectivity index (χ0n) is 16.4. The molecule has 4 atom stereocenters. The highest BCUT2D eigenvalue weighted by Gasteiger charge is 2.55. The van der Waals surface area contributed by atoms with Crippen LogP contribution in [0.5, 0.6) is 11.5 Å². The minimum atomic E-state index is -0.677. The summed E-state index contributed by atoms with van der Waals surface area (Å²) in [7, 11) is 3.84. The minimum absolute atomic E-state index is 0.00727. The summed E-state index contributed by atoms with van der Waals surface area (Å²) >= 11 is 0. The van der Waals surface area contributed by atoms with E-state index in [4.69, 9.17) is 14.2 Å². The number of rotatable bonds is 4. The lowest BCUT2D eigenvalue weighted by Gasteiger charge is -2.41. The molecule has 1 aromatic rings. The summed E-state index contributed by atoms with van der Waals surface area (Å²) in [5.41, 5.74) is 2.60. The number of hydrogen-bond donors (Lipinski definition) is 1. The molecule has 1 aromatic carbocycles. The van der Waals surface area contributed by atoms with E-state index in [0.29, 0.717) is 6.42 Å². The molecule has 1 saturated carbocycles. The fourth-order valence-corrected chi connectivity index (χ4v) is 5.06. The maximum Gasteiger partial charge on any atom is 0.308 e. The monoisotopic (exact) mass is 375 g/mol. The van der Waals surface area contributed by atoms with Gasteiger partial charge in [0.25, 0.3) is 0 Å². The fraction of sp³-hybridized carbons (Fsp3) is 0.667. The molecule has 6 nitrogen and oxygen atoms in total. The van der Waals surface area contributed by atoms with Gasteiger partial charge in [-0.2, -0.15) is 0 Å². The van der Waals surface area contributed by atoms with Crippen molar-refractivity contribution in [3.05, 3.63) is 23.3 Å². The first-order chi connectivity index (χ1) is 12.9. The molecule has 27 heavy (non-hydrogen) atoms. The van der Waals surface area contributed by atoms with Crippen LogP contribution in [-0.4, -0.2) is 55.0 Å². The van der Waals surface area contributed by atoms with Crippen LogP contribution in [0.3, 0.4) is 0 Å². The van der Waals surface area contributed by atoms with Crippen molar-refractivity contribution in [1.29, 1.82) is 0 Å². The molecule has 1 aliphatic carbocycles. The SMILES string of the molecule is COc1ccc2c3c1O[C@H]1C[C@@H](OC(=O)C[C@H](C)O)CC[C@@]31CCN(C)C2. The van der Waals surface area contributed by atoms with Crippen LogP contribution in [0.4, 0.5) is 0 Å². The molecule has 1 N–H and O–H groups in total. The van der Waals surface area contributed by atoms with Gasteiger partial charge in [-0.1, -0.05) is 6.07 Å². The van der Waals surface area contributed by atoms with Crippen LogP contribution >= 0.6 is 0 Å². The minimum Gasteiger partial charge on any atom is -0.493 e. The Balaban J connectivity index is 1.62. The zero-order valence-corrected chi connectivity index (χ0v) is 16.4. The van der Waals surface area contributed by atoms with Crippen molar-refractivity contribution < 1.29 is 24.1 Å². The van der Waals surface area contributed by atoms with E-state index in [0.717, 1.165) is 43.9 Å². The number of esters is 1. The Hall–Kier alpha value is -1.79. The quantitative estimate of drug-likeness (QED) is 0.815. The number of ether oxygens (including phenoxy) is 3. The summed E-state index contributed by atoms with van der Waals surface area (Å²) in [5, 5.41) is 9.41. The van der Waals surface area contributed by atoms with Crippen LogP contribution in [0.15, 0.2) is 12.1 Å². The molecule has 6 heteroatoms. The van der Waals surface area contributed by atoms with Crippen molar-refractivity contribution in [2.45, 2.75) is 69.3 Å². The van der Waals surface area contributed by atoms with Crippen LogP contribution in [0.25, 0.3) is 0 Å². The molecule has 4 rings (SSSR count). The Morgan fingerprint density at radius 3 is 3.00 bits per heavy atom. The fourth-order valence-electron chi connectivity index (χ4n) is 5.06. The Bertz CT molecular complexity index is 734. The first-order valence-electron chi connectivity index (χ1n) is 9.86. The maximum atomic E-state index is 12.0. The summed E-state index contributed by atoms with van der Waals surface area (Å²) in [6.45, 7) is 3.53. The van der Waals surface area contributed by atoms with Crippen molar-refractivity contribution >= 4 is 5.97 Å². The van der Waals surface area contributed by atoms with Crippen LogP contribution in [0, 0.1) is 0 Å². The normalized spacial score (nSPS) is 30.5. The Labute approximate surface area is 160 Å². The molecule has 2 heterocycles. The van der Waals surface area contributed by atoms with Gasteiger partial charge in [0.1, 0.15) is 12.2 Å². The van der Waals surface area contributed by atoms with Crippen LogP contribution in [-0.2, 0) is 21.5 Å². The first-order valence-corrected chi connectivity index (χ1v) is 9.86. The smallest absolute Gasteiger partial charge is 0.308 e. The van der Waals surface area contributed by atoms with E-state index in [-0.39, 0.29) is 30.0 Å². The van der Waals surface area contributed by atoms with Crippen molar-refractivity contribution in [2.24, 2.45) is 0 Å². The lowest BCUT2D eigenvalue weighted by atomic mass is 9.65. The van der Waals surface area contributed by atoms with Gasteiger partial charge >= 0.3 is 5.97 Å². The summed E-state index contributed by atoms with van der Waals surface area (Å²) in [6.07, 6.45) is 2.68. The van der Waals surface area contributed by atoms with Crippen molar-refractivity contribution in [3.63, 3.8) is 0 Å². The number of aliphatic hydroxyl groups excluding tert-OH is 1. The molecule has 0 unspecified atom stereocenters. The number of carbonyl (C=O) groups is 1. The van der Waals surface area contributed by atoms with E-state index < -0.39 is 6.10 Å². The van der Waals surface area contributed by atoms with Crippen molar-refractivity contribution in [3.8, 4) is 11.5 Å². The Morgan fingerprint density at radius 1 is 1.44 bits per heavy atom. The predicted octanol–water partition coefficient (Wildman–Crippen LogP) is 2.40. The maximum absolute atomic E-state index is 12.0. The third kappa shape index (κ3) is 3.19. The van der Waals surface area contributed by atoms with Gasteiger partial charge in [-0.25, -0.2) is 0 Å². The van der Waals surface area contributed by atoms with Gasteiger partial charge in [-0.05, 0) is 51.4 Å². The van der Waals surface area contributed by atoms with Gasteiger partial charge in [-0.15, -0.1) is 0 Å². The van der Waals surface area contributed by atoms with E-state index >= 15 is 0 Å². The second-order valence-electron chi connectivity index (χ2n) is 8.32. The van der Waals surface area contributed by atoms with Gasteiger partial charge in [0.15, 0.2) is 11.5 Å². The molecule has 0 amide bonds. The number of hydrogen-bond acceptors (Lipinski definition) is 6. The number of nitrogens with zero attached hydrogens (tertiary/aromatic N) is 1. The molecule has 2 aliphatic heterocycles. The van der Waals surface area contributed by atoms with Crippen LogP contribution in [0.2, 0.25) is 0 Å². The van der Waals surface area contributed by atoms with Crippen LogP contribution < -0.4 is 9.47 Å². The van der Waals surface area contributed by atoms with Crippen LogP contribution in [0.1, 0.15) is 50.2 Å². The van der Waals surface area contributed by atoms with Gasteiger partial charge in [0, 0.05) is 23.9 Å². The van der Waals surface area contributed by atoms with E-state index in [2.05, 4.69) is 18.0 Å². The van der Waals surface area contributed by atoms with Crippen molar-refractivity contribution in [1.82, 2.24) is 4.90 Å². The number of aliphatic hydroxyl groups is 1. The molecule has 148 valence electrons. The number of carbonyl (C=O) groups excluding carboxylic acids is 1. The Morgan fingerprint density at radius 2 is 2.26 bits per heavy atom. The Kier molecular flexibility index (Phi) is 4.80. The second-order valence-corrected chi connectivity index (χ2v) is 8.32. The highest BCUT2D eigenvalue weighted by atomic mass is 16.6. The largest absolute Gasteiger partial charge is 0.493 e. The highest BCUT2D eigenvalue weighted by molar-refractivity contribution is 5.70. The average molecular weight is 375 g/mol. The summed E-state index contributed by atoms with van der Waals surface area (Å²) in [6, 6.07) is 4.17. The summed E-state index contributed by atoms with van der Waals surface area (Å²) in [4.78, 5) is 14.4. The van der Waals surface area contributed by atoms with Gasteiger partial charge in [0.05, 0.1) is 19.6 Å². The summed E-state index contributed by atoms with van der Waals surface area (Å²) in [5.74, 6) is 1.33. The molecule has 1 spiro atoms. The van der Waals surface area contributed by atoms with E-state index in [1.165, 1.54) is 11.1 Å². The zero-order chi connectivity index (χ0) is 19.2. The predicted molar refractivity (Wildman–Crippen MR) is 100 cm³/mol. The molecule has 3 aliphatic rings. The first kappa shape index (κ1) is 18.6. The second kappa shape index (κ2) is 6.99. The highest BCUT2D eigenvalue weighted by Crippen LogP contribution is 2.57. The molecule has 0 radical (unpaired) electrons. The van der Waals surface area contributed by atoms with E-state index in [9.17, 15) is 9.90 Å². The van der Waals surface area contributed by atoms with Crippen molar-refractivity contribution in [2.75, 3.05) is 20.7 Å².